The quantitative estimate of drug-likeness (QED) is 0.926. The van der Waals surface area contributed by atoms with Crippen molar-refractivity contribution >= 4 is 15.9 Å². The Hall–Kier alpha value is -0.740. The second-order valence-corrected chi connectivity index (χ2v) is 5.32. The second-order valence-electron chi connectivity index (χ2n) is 4.46. The molecule has 16 heavy (non-hydrogen) atoms. The minimum atomic E-state index is -0.263. The maximum atomic E-state index is 6.01. The maximum Gasteiger partial charge on any atom is 0.136 e. The number of benzene rings is 1. The predicted octanol–water partition coefficient (Wildman–Crippen LogP) is 2.75. The highest BCUT2D eigenvalue weighted by atomic mass is 79.9. The lowest BCUT2D eigenvalue weighted by atomic mass is 9.95. The first kappa shape index (κ1) is 13.3. The van der Waals surface area contributed by atoms with E-state index in [0.717, 1.165) is 28.0 Å². The van der Waals surface area contributed by atoms with Gasteiger partial charge in [-0.05, 0) is 47.8 Å². The molecule has 0 saturated carbocycles. The van der Waals surface area contributed by atoms with E-state index in [9.17, 15) is 0 Å². The van der Waals surface area contributed by atoms with E-state index in [-0.39, 0.29) is 5.54 Å². The molecule has 1 rings (SSSR count). The number of methoxy groups -OCH3 is 2. The van der Waals surface area contributed by atoms with E-state index < -0.39 is 0 Å². The lowest BCUT2D eigenvalue weighted by molar-refractivity contribution is 0.385. The van der Waals surface area contributed by atoms with Crippen molar-refractivity contribution in [1.29, 1.82) is 0 Å². The summed E-state index contributed by atoms with van der Waals surface area (Å²) in [5, 5.41) is 0. The van der Waals surface area contributed by atoms with Gasteiger partial charge in [0.1, 0.15) is 11.5 Å². The molecule has 4 heteroatoms. The van der Waals surface area contributed by atoms with Gasteiger partial charge in [-0.1, -0.05) is 0 Å². The minimum Gasteiger partial charge on any atom is -0.496 e. The molecular formula is C12H18BrNO2. The van der Waals surface area contributed by atoms with Crippen LogP contribution in [0.15, 0.2) is 16.6 Å². The third kappa shape index (κ3) is 3.39. The number of halogens is 1. The van der Waals surface area contributed by atoms with E-state index in [0.29, 0.717) is 0 Å². The van der Waals surface area contributed by atoms with Crippen molar-refractivity contribution in [3.05, 3.63) is 22.2 Å². The lowest BCUT2D eigenvalue weighted by Crippen LogP contribution is -2.34. The largest absolute Gasteiger partial charge is 0.496 e. The van der Waals surface area contributed by atoms with Crippen LogP contribution < -0.4 is 15.2 Å². The summed E-state index contributed by atoms with van der Waals surface area (Å²) in [5.41, 5.74) is 6.82. The van der Waals surface area contributed by atoms with Crippen molar-refractivity contribution < 1.29 is 9.47 Å². The van der Waals surface area contributed by atoms with Crippen molar-refractivity contribution in [2.24, 2.45) is 5.73 Å². The van der Waals surface area contributed by atoms with E-state index in [1.54, 1.807) is 14.2 Å². The summed E-state index contributed by atoms with van der Waals surface area (Å²) in [7, 11) is 3.28. The average molecular weight is 288 g/mol. The Balaban J connectivity index is 3.13. The fourth-order valence-electron chi connectivity index (χ4n) is 1.55. The topological polar surface area (TPSA) is 44.5 Å². The number of hydrogen-bond acceptors (Lipinski definition) is 3. The first-order chi connectivity index (χ1) is 7.37. The molecule has 1 aromatic carbocycles. The monoisotopic (exact) mass is 287 g/mol. The maximum absolute atomic E-state index is 6.01. The van der Waals surface area contributed by atoms with Crippen LogP contribution in [0.1, 0.15) is 19.4 Å². The predicted molar refractivity (Wildman–Crippen MR) is 69.2 cm³/mol. The van der Waals surface area contributed by atoms with E-state index in [1.807, 2.05) is 26.0 Å². The molecule has 0 aliphatic heterocycles. The highest BCUT2D eigenvalue weighted by Gasteiger charge is 2.17. The van der Waals surface area contributed by atoms with Crippen LogP contribution in [-0.4, -0.2) is 19.8 Å². The first-order valence-electron chi connectivity index (χ1n) is 5.06. The molecule has 0 spiro atoms. The van der Waals surface area contributed by atoms with Crippen LogP contribution in [0.5, 0.6) is 11.5 Å². The van der Waals surface area contributed by atoms with Crippen molar-refractivity contribution in [3.63, 3.8) is 0 Å². The molecule has 0 aliphatic rings. The van der Waals surface area contributed by atoms with Gasteiger partial charge in [-0.2, -0.15) is 0 Å². The zero-order valence-electron chi connectivity index (χ0n) is 10.1. The molecule has 0 radical (unpaired) electrons. The summed E-state index contributed by atoms with van der Waals surface area (Å²) in [4.78, 5) is 0. The van der Waals surface area contributed by atoms with Gasteiger partial charge in [0, 0.05) is 11.6 Å². The summed E-state index contributed by atoms with van der Waals surface area (Å²) in [6.45, 7) is 3.98. The Morgan fingerprint density at radius 2 is 1.75 bits per heavy atom. The third-order valence-electron chi connectivity index (χ3n) is 2.20. The number of rotatable bonds is 4. The SMILES string of the molecule is COc1cc(OC)c(CC(C)(C)N)cc1Br. The molecule has 0 saturated heterocycles. The van der Waals surface area contributed by atoms with E-state index in [2.05, 4.69) is 15.9 Å². The lowest BCUT2D eigenvalue weighted by Gasteiger charge is -2.21. The Morgan fingerprint density at radius 1 is 1.19 bits per heavy atom. The van der Waals surface area contributed by atoms with Crippen LogP contribution in [0.2, 0.25) is 0 Å². The zero-order valence-corrected chi connectivity index (χ0v) is 11.7. The van der Waals surface area contributed by atoms with Crippen LogP contribution in [-0.2, 0) is 6.42 Å². The van der Waals surface area contributed by atoms with Crippen molar-refractivity contribution in [2.45, 2.75) is 25.8 Å². The molecule has 0 unspecified atom stereocenters. The van der Waals surface area contributed by atoms with Gasteiger partial charge in [-0.15, -0.1) is 0 Å². The minimum absolute atomic E-state index is 0.263. The molecule has 1 aromatic rings. The summed E-state index contributed by atoms with van der Waals surface area (Å²) < 4.78 is 11.5. The Bertz CT molecular complexity index is 372. The van der Waals surface area contributed by atoms with E-state index in [1.165, 1.54) is 0 Å². The molecule has 0 fully saturated rings. The standard InChI is InChI=1S/C12H18BrNO2/c1-12(2,14)7-8-5-9(13)11(16-4)6-10(8)15-3/h5-6H,7,14H2,1-4H3. The van der Waals surface area contributed by atoms with Crippen molar-refractivity contribution in [2.75, 3.05) is 14.2 Å². The Kier molecular flexibility index (Phi) is 4.21. The highest BCUT2D eigenvalue weighted by molar-refractivity contribution is 9.10. The van der Waals surface area contributed by atoms with Gasteiger partial charge in [0.05, 0.1) is 18.7 Å². The van der Waals surface area contributed by atoms with E-state index in [4.69, 9.17) is 15.2 Å². The van der Waals surface area contributed by atoms with Crippen LogP contribution in [0, 0.1) is 0 Å². The fourth-order valence-corrected chi connectivity index (χ4v) is 2.10. The molecule has 0 aromatic heterocycles. The molecule has 0 atom stereocenters. The first-order valence-corrected chi connectivity index (χ1v) is 5.86. The van der Waals surface area contributed by atoms with Crippen LogP contribution >= 0.6 is 15.9 Å². The van der Waals surface area contributed by atoms with Gasteiger partial charge in [-0.25, -0.2) is 0 Å². The van der Waals surface area contributed by atoms with Gasteiger partial charge in [-0.3, -0.25) is 0 Å². The number of nitrogens with two attached hydrogens (primary N) is 1. The molecule has 0 aliphatic carbocycles. The average Bonchev–Trinajstić information content (AvgIpc) is 2.16. The van der Waals surface area contributed by atoms with Gasteiger partial charge < -0.3 is 15.2 Å². The van der Waals surface area contributed by atoms with Crippen molar-refractivity contribution in [1.82, 2.24) is 0 Å². The molecule has 0 heterocycles. The normalized spacial score (nSPS) is 11.4. The van der Waals surface area contributed by atoms with Crippen LogP contribution in [0.3, 0.4) is 0 Å². The van der Waals surface area contributed by atoms with Crippen LogP contribution in [0.4, 0.5) is 0 Å². The van der Waals surface area contributed by atoms with Crippen LogP contribution in [0.25, 0.3) is 0 Å². The highest BCUT2D eigenvalue weighted by Crippen LogP contribution is 2.34. The molecule has 2 N–H and O–H groups in total. The third-order valence-corrected chi connectivity index (χ3v) is 2.82. The summed E-state index contributed by atoms with van der Waals surface area (Å²) in [6, 6.07) is 3.86. The molecule has 0 amide bonds. The molecule has 0 bridgehead atoms. The second kappa shape index (κ2) is 5.06. The summed E-state index contributed by atoms with van der Waals surface area (Å²) in [5.74, 6) is 1.56. The smallest absolute Gasteiger partial charge is 0.136 e. The van der Waals surface area contributed by atoms with Gasteiger partial charge in [0.2, 0.25) is 0 Å². The molecule has 3 nitrogen and oxygen atoms in total. The number of ether oxygens (including phenoxy) is 2. The van der Waals surface area contributed by atoms with Gasteiger partial charge in [0.25, 0.3) is 0 Å². The zero-order chi connectivity index (χ0) is 12.3. The summed E-state index contributed by atoms with van der Waals surface area (Å²) in [6.07, 6.45) is 0.749. The van der Waals surface area contributed by atoms with Gasteiger partial charge >= 0.3 is 0 Å². The molecule has 90 valence electrons. The fraction of sp³-hybridized carbons (Fsp3) is 0.500. The Labute approximate surface area is 105 Å². The van der Waals surface area contributed by atoms with Crippen molar-refractivity contribution in [3.8, 4) is 11.5 Å². The Morgan fingerprint density at radius 3 is 2.19 bits per heavy atom. The summed E-state index contributed by atoms with van der Waals surface area (Å²) >= 11 is 3.46. The van der Waals surface area contributed by atoms with E-state index >= 15 is 0 Å². The molecular weight excluding hydrogens is 270 g/mol. The van der Waals surface area contributed by atoms with Gasteiger partial charge in [0.15, 0.2) is 0 Å². The number of hydrogen-bond donors (Lipinski definition) is 1.